The Labute approximate surface area is 130 Å². The van der Waals surface area contributed by atoms with E-state index in [0.717, 1.165) is 18.4 Å². The average Bonchev–Trinajstić information content (AvgIpc) is 2.85. The minimum absolute atomic E-state index is 0.464. The van der Waals surface area contributed by atoms with Gasteiger partial charge in [-0.15, -0.1) is 0 Å². The number of hydrogen-bond acceptors (Lipinski definition) is 2. The monoisotopic (exact) mass is 291 g/mol. The van der Waals surface area contributed by atoms with Gasteiger partial charge in [0.15, 0.2) is 0 Å². The van der Waals surface area contributed by atoms with Gasteiger partial charge in [0.05, 0.1) is 6.20 Å². The van der Waals surface area contributed by atoms with Crippen LogP contribution >= 0.6 is 0 Å². The Morgan fingerprint density at radius 1 is 1.29 bits per heavy atom. The molecule has 0 bridgehead atoms. The van der Waals surface area contributed by atoms with Gasteiger partial charge in [-0.3, -0.25) is 4.68 Å². The van der Waals surface area contributed by atoms with Crippen molar-refractivity contribution in [1.29, 1.82) is 0 Å². The van der Waals surface area contributed by atoms with Gasteiger partial charge in [0.2, 0.25) is 0 Å². The fourth-order valence-corrected chi connectivity index (χ4v) is 3.78. The lowest BCUT2D eigenvalue weighted by Crippen LogP contribution is -2.33. The summed E-state index contributed by atoms with van der Waals surface area (Å²) >= 11 is 0. The van der Waals surface area contributed by atoms with Crippen molar-refractivity contribution in [2.75, 3.05) is 6.54 Å². The van der Waals surface area contributed by atoms with Crippen LogP contribution in [0.5, 0.6) is 0 Å². The first-order valence-electron chi connectivity index (χ1n) is 8.63. The minimum atomic E-state index is 0.464. The van der Waals surface area contributed by atoms with Crippen LogP contribution in [0, 0.1) is 17.3 Å². The molecule has 1 heterocycles. The fraction of sp³-hybridized carbons (Fsp3) is 0.833. The molecule has 0 spiro atoms. The molecular weight excluding hydrogens is 258 g/mol. The van der Waals surface area contributed by atoms with Gasteiger partial charge in [-0.2, -0.15) is 5.10 Å². The van der Waals surface area contributed by atoms with Crippen LogP contribution in [0.4, 0.5) is 0 Å². The fourth-order valence-electron chi connectivity index (χ4n) is 3.78. The van der Waals surface area contributed by atoms with Gasteiger partial charge in [-0.25, -0.2) is 0 Å². The van der Waals surface area contributed by atoms with Gasteiger partial charge in [-0.05, 0) is 55.9 Å². The first-order chi connectivity index (χ1) is 9.91. The van der Waals surface area contributed by atoms with Crippen molar-refractivity contribution in [3.8, 4) is 0 Å². The summed E-state index contributed by atoms with van der Waals surface area (Å²) in [4.78, 5) is 0. The van der Waals surface area contributed by atoms with Crippen molar-refractivity contribution in [3.05, 3.63) is 18.0 Å². The van der Waals surface area contributed by atoms with E-state index in [1.165, 1.54) is 37.7 Å². The zero-order chi connectivity index (χ0) is 15.5. The molecular formula is C18H33N3. The van der Waals surface area contributed by atoms with Crippen LogP contribution in [0.1, 0.15) is 71.4 Å². The highest BCUT2D eigenvalue weighted by molar-refractivity contribution is 5.12. The highest BCUT2D eigenvalue weighted by Crippen LogP contribution is 2.43. The number of nitrogens with one attached hydrogen (secondary N) is 1. The summed E-state index contributed by atoms with van der Waals surface area (Å²) in [5.41, 5.74) is 1.83. The van der Waals surface area contributed by atoms with Crippen molar-refractivity contribution in [2.45, 2.75) is 65.8 Å². The zero-order valence-corrected chi connectivity index (χ0v) is 14.5. The molecule has 1 N–H and O–H groups in total. The molecule has 1 aromatic heterocycles. The molecule has 0 aromatic carbocycles. The Bertz CT molecular complexity index is 422. The second-order valence-electron chi connectivity index (χ2n) is 7.86. The number of aromatic nitrogens is 2. The highest BCUT2D eigenvalue weighted by atomic mass is 15.2. The Balaban J connectivity index is 2.02. The van der Waals surface area contributed by atoms with E-state index in [4.69, 9.17) is 0 Å². The van der Waals surface area contributed by atoms with E-state index >= 15 is 0 Å². The summed E-state index contributed by atoms with van der Waals surface area (Å²) in [5, 5.41) is 8.14. The molecule has 1 aromatic rings. The van der Waals surface area contributed by atoms with Gasteiger partial charge in [0.25, 0.3) is 0 Å². The lowest BCUT2D eigenvalue weighted by Gasteiger charge is -2.39. The molecule has 3 heteroatoms. The molecule has 2 rings (SSSR count). The highest BCUT2D eigenvalue weighted by Gasteiger charge is 2.33. The molecule has 3 nitrogen and oxygen atoms in total. The lowest BCUT2D eigenvalue weighted by atomic mass is 9.68. The quantitative estimate of drug-likeness (QED) is 0.876. The smallest absolute Gasteiger partial charge is 0.0537 e. The largest absolute Gasteiger partial charge is 0.310 e. The van der Waals surface area contributed by atoms with Crippen molar-refractivity contribution in [2.24, 2.45) is 24.3 Å². The molecule has 1 aliphatic rings. The van der Waals surface area contributed by atoms with E-state index in [-0.39, 0.29) is 0 Å². The summed E-state index contributed by atoms with van der Waals surface area (Å²) in [6.45, 7) is 10.5. The van der Waals surface area contributed by atoms with Crippen molar-refractivity contribution < 1.29 is 0 Å². The predicted molar refractivity (Wildman–Crippen MR) is 89.1 cm³/mol. The van der Waals surface area contributed by atoms with Crippen LogP contribution in [0.3, 0.4) is 0 Å². The molecule has 1 atom stereocenters. The molecule has 1 unspecified atom stereocenters. The molecule has 1 fully saturated rings. The maximum Gasteiger partial charge on any atom is 0.0537 e. The van der Waals surface area contributed by atoms with Gasteiger partial charge in [-0.1, -0.05) is 27.7 Å². The lowest BCUT2D eigenvalue weighted by molar-refractivity contribution is 0.132. The van der Waals surface area contributed by atoms with Crippen LogP contribution in [0.2, 0.25) is 0 Å². The summed E-state index contributed by atoms with van der Waals surface area (Å²) in [6, 6.07) is 0.486. The summed E-state index contributed by atoms with van der Waals surface area (Å²) in [7, 11) is 2.01. The van der Waals surface area contributed by atoms with Gasteiger partial charge in [0, 0.05) is 24.8 Å². The van der Waals surface area contributed by atoms with Gasteiger partial charge in [0.1, 0.15) is 0 Å². The minimum Gasteiger partial charge on any atom is -0.310 e. The second kappa shape index (κ2) is 6.95. The Kier molecular flexibility index (Phi) is 5.48. The van der Waals surface area contributed by atoms with Crippen molar-refractivity contribution in [1.82, 2.24) is 15.1 Å². The molecule has 21 heavy (non-hydrogen) atoms. The van der Waals surface area contributed by atoms with Crippen molar-refractivity contribution in [3.63, 3.8) is 0 Å². The average molecular weight is 291 g/mol. The predicted octanol–water partition coefficient (Wildman–Crippen LogP) is 4.31. The summed E-state index contributed by atoms with van der Waals surface area (Å²) in [6.07, 6.45) is 10.9. The normalized spacial score (nSPS) is 25.0. The van der Waals surface area contributed by atoms with E-state index in [1.54, 1.807) is 0 Å². The third-order valence-corrected chi connectivity index (χ3v) is 5.17. The van der Waals surface area contributed by atoms with E-state index in [0.29, 0.717) is 11.5 Å². The van der Waals surface area contributed by atoms with Crippen LogP contribution < -0.4 is 5.32 Å². The Morgan fingerprint density at radius 3 is 2.43 bits per heavy atom. The number of hydrogen-bond donors (Lipinski definition) is 1. The summed E-state index contributed by atoms with van der Waals surface area (Å²) < 4.78 is 1.93. The molecule has 0 aliphatic heterocycles. The number of aryl methyl sites for hydroxylation is 1. The Morgan fingerprint density at radius 2 is 1.95 bits per heavy atom. The molecule has 1 saturated carbocycles. The van der Waals surface area contributed by atoms with E-state index in [9.17, 15) is 0 Å². The first kappa shape index (κ1) is 16.5. The summed E-state index contributed by atoms with van der Waals surface area (Å²) in [5.74, 6) is 1.65. The van der Waals surface area contributed by atoms with Crippen LogP contribution in [0.15, 0.2) is 12.4 Å². The van der Waals surface area contributed by atoms with E-state index in [2.05, 4.69) is 44.3 Å². The van der Waals surface area contributed by atoms with E-state index in [1.807, 2.05) is 17.9 Å². The van der Waals surface area contributed by atoms with E-state index < -0.39 is 0 Å². The van der Waals surface area contributed by atoms with Gasteiger partial charge < -0.3 is 5.32 Å². The zero-order valence-electron chi connectivity index (χ0n) is 14.5. The Hall–Kier alpha value is -0.830. The first-order valence-corrected chi connectivity index (χ1v) is 8.63. The molecule has 0 amide bonds. The molecule has 1 aliphatic carbocycles. The maximum atomic E-state index is 4.37. The molecule has 120 valence electrons. The SMILES string of the molecule is CCCNC(c1cnn(C)c1)C1CCC(C(C)(C)C)CC1. The van der Waals surface area contributed by atoms with Gasteiger partial charge >= 0.3 is 0 Å². The van der Waals surface area contributed by atoms with Crippen LogP contribution in [-0.4, -0.2) is 16.3 Å². The third-order valence-electron chi connectivity index (χ3n) is 5.17. The van der Waals surface area contributed by atoms with Crippen LogP contribution in [-0.2, 0) is 7.05 Å². The number of rotatable bonds is 5. The van der Waals surface area contributed by atoms with Crippen molar-refractivity contribution >= 4 is 0 Å². The molecule has 0 radical (unpaired) electrons. The standard InChI is InChI=1S/C18H33N3/c1-6-11-19-17(15-12-20-21(5)13-15)14-7-9-16(10-8-14)18(2,3)4/h12-14,16-17,19H,6-11H2,1-5H3. The number of nitrogens with zero attached hydrogens (tertiary/aromatic N) is 2. The second-order valence-corrected chi connectivity index (χ2v) is 7.86. The van der Waals surface area contributed by atoms with Crippen LogP contribution in [0.25, 0.3) is 0 Å². The molecule has 0 saturated heterocycles. The topological polar surface area (TPSA) is 29.9 Å². The maximum absolute atomic E-state index is 4.37. The third kappa shape index (κ3) is 4.32.